The van der Waals surface area contributed by atoms with E-state index in [-0.39, 0.29) is 0 Å². The molecule has 54 heavy (non-hydrogen) atoms. The molecule has 326 valence electrons. The zero-order chi connectivity index (χ0) is 39.3. The lowest BCUT2D eigenvalue weighted by molar-refractivity contribution is 0.194. The summed E-state index contributed by atoms with van der Waals surface area (Å²) in [7, 11) is -3.70. The Hall–Kier alpha value is 0.110. The van der Waals surface area contributed by atoms with Crippen molar-refractivity contribution in [2.24, 2.45) is 0 Å². The number of nitrogens with zero attached hydrogens (tertiary/aromatic N) is 1. The van der Waals surface area contributed by atoms with E-state index in [4.69, 9.17) is 4.52 Å². The van der Waals surface area contributed by atoms with E-state index in [1.807, 2.05) is 4.67 Å². The van der Waals surface area contributed by atoms with E-state index < -0.39 is 7.75 Å². The van der Waals surface area contributed by atoms with Crippen molar-refractivity contribution in [1.82, 2.24) is 4.67 Å². The average Bonchev–Trinajstić information content (AvgIpc) is 3.17. The summed E-state index contributed by atoms with van der Waals surface area (Å²) in [6.07, 6.45) is 58.0. The quantitative estimate of drug-likeness (QED) is 0.0493. The first-order chi connectivity index (χ1) is 26.6. The van der Waals surface area contributed by atoms with Gasteiger partial charge in [-0.25, -0.2) is 9.24 Å². The summed E-state index contributed by atoms with van der Waals surface area (Å²) in [5.74, 6) is 0. The van der Waals surface area contributed by atoms with Crippen LogP contribution < -0.4 is 0 Å². The van der Waals surface area contributed by atoms with Gasteiger partial charge < -0.3 is 4.89 Å². The van der Waals surface area contributed by atoms with Crippen LogP contribution in [0.15, 0.2) is 0 Å². The van der Waals surface area contributed by atoms with Gasteiger partial charge in [-0.3, -0.25) is 4.52 Å². The highest BCUT2D eigenvalue weighted by Crippen LogP contribution is 2.47. The van der Waals surface area contributed by atoms with Crippen LogP contribution in [0.5, 0.6) is 0 Å². The molecule has 1 unspecified atom stereocenters. The Morgan fingerprint density at radius 3 is 0.722 bits per heavy atom. The minimum atomic E-state index is -3.70. The summed E-state index contributed by atoms with van der Waals surface area (Å²) in [5.41, 5.74) is 0. The molecule has 0 aromatic heterocycles. The van der Waals surface area contributed by atoms with Crippen LogP contribution in [0.2, 0.25) is 0 Å². The summed E-state index contributed by atoms with van der Waals surface area (Å²) in [6, 6.07) is 0. The van der Waals surface area contributed by atoms with E-state index in [1.54, 1.807) is 0 Å². The molecular weight excluding hydrogens is 682 g/mol. The van der Waals surface area contributed by atoms with Crippen LogP contribution in [-0.2, 0) is 9.09 Å². The van der Waals surface area contributed by atoms with E-state index in [0.717, 1.165) is 44.9 Å². The first-order valence-electron chi connectivity index (χ1n) is 25.3. The number of hydrogen-bond donors (Lipinski definition) is 1. The maximum Gasteiger partial charge on any atom is 0.405 e. The molecule has 0 aliphatic heterocycles. The Bertz CT molecular complexity index is 690. The fourth-order valence-electron chi connectivity index (χ4n) is 8.08. The van der Waals surface area contributed by atoms with Crippen LogP contribution in [0.3, 0.4) is 0 Å². The highest BCUT2D eigenvalue weighted by molar-refractivity contribution is 7.50. The first-order valence-corrected chi connectivity index (χ1v) is 26.8. The molecule has 0 aliphatic rings. The lowest BCUT2D eigenvalue weighted by Gasteiger charge is -2.26. The summed E-state index contributed by atoms with van der Waals surface area (Å²) in [4.78, 5) is 10.9. The van der Waals surface area contributed by atoms with Crippen molar-refractivity contribution < 1.29 is 14.0 Å². The molecule has 0 fully saturated rings. The van der Waals surface area contributed by atoms with Gasteiger partial charge in [0.05, 0.1) is 6.61 Å². The summed E-state index contributed by atoms with van der Waals surface area (Å²) < 4.78 is 20.6. The molecule has 0 aliphatic carbocycles. The Balaban J connectivity index is 3.83. The second kappa shape index (κ2) is 45.8. The first kappa shape index (κ1) is 54.1. The zero-order valence-electron chi connectivity index (χ0n) is 37.7. The molecule has 0 spiro atoms. The Kier molecular flexibility index (Phi) is 45.9. The van der Waals surface area contributed by atoms with Gasteiger partial charge in [0.2, 0.25) is 0 Å². The van der Waals surface area contributed by atoms with Crippen LogP contribution >= 0.6 is 7.75 Å². The summed E-state index contributed by atoms with van der Waals surface area (Å²) >= 11 is 0. The fraction of sp³-hybridized carbons (Fsp3) is 1.00. The highest BCUT2D eigenvalue weighted by atomic mass is 31.2. The lowest BCUT2D eigenvalue weighted by Crippen LogP contribution is -2.24. The lowest BCUT2D eigenvalue weighted by atomic mass is 10.0. The van der Waals surface area contributed by atoms with Crippen molar-refractivity contribution in [3.05, 3.63) is 0 Å². The minimum absolute atomic E-state index is 0.399. The van der Waals surface area contributed by atoms with Crippen LogP contribution in [0, 0.1) is 0 Å². The molecule has 1 atom stereocenters. The van der Waals surface area contributed by atoms with Crippen molar-refractivity contribution in [3.8, 4) is 0 Å². The van der Waals surface area contributed by atoms with Gasteiger partial charge >= 0.3 is 7.75 Å². The Morgan fingerprint density at radius 2 is 0.500 bits per heavy atom. The second-order valence-electron chi connectivity index (χ2n) is 17.4. The van der Waals surface area contributed by atoms with Gasteiger partial charge in [-0.2, -0.15) is 0 Å². The van der Waals surface area contributed by atoms with Crippen molar-refractivity contribution >= 4 is 7.75 Å². The monoisotopic (exact) mass is 784 g/mol. The standard InChI is InChI=1S/C49H102NO3P/c1-4-7-10-12-14-16-18-20-22-24-26-28-30-32-34-36-38-40-42-44-47-50(54(51,52)53-49-46-9-6-3)48-45-43-41-39-37-35-33-31-29-27-25-23-21-19-17-15-13-11-8-5-2/h4-49H2,1-3H3,(H,51,52). The van der Waals surface area contributed by atoms with Crippen LogP contribution in [0.1, 0.15) is 297 Å². The molecule has 0 aromatic rings. The minimum Gasteiger partial charge on any atom is -0.312 e. The van der Waals surface area contributed by atoms with Gasteiger partial charge in [0.25, 0.3) is 0 Å². The fourth-order valence-corrected chi connectivity index (χ4v) is 9.40. The molecule has 4 nitrogen and oxygen atoms in total. The molecule has 0 amide bonds. The number of rotatable bonds is 48. The highest BCUT2D eigenvalue weighted by Gasteiger charge is 2.28. The molecule has 0 saturated carbocycles. The van der Waals surface area contributed by atoms with Crippen LogP contribution in [0.4, 0.5) is 0 Å². The third-order valence-electron chi connectivity index (χ3n) is 11.9. The predicted molar refractivity (Wildman–Crippen MR) is 243 cm³/mol. The van der Waals surface area contributed by atoms with Gasteiger partial charge in [-0.1, -0.05) is 278 Å². The van der Waals surface area contributed by atoms with E-state index >= 15 is 0 Å². The number of unbranched alkanes of at least 4 members (excludes halogenated alkanes) is 40. The van der Waals surface area contributed by atoms with Gasteiger partial charge in [-0.05, 0) is 19.3 Å². The molecule has 0 aromatic carbocycles. The predicted octanol–water partition coefficient (Wildman–Crippen LogP) is 18.2. The van der Waals surface area contributed by atoms with Crippen molar-refractivity contribution in [2.75, 3.05) is 19.7 Å². The van der Waals surface area contributed by atoms with Crippen molar-refractivity contribution in [1.29, 1.82) is 0 Å². The maximum absolute atomic E-state index is 13.2. The van der Waals surface area contributed by atoms with Gasteiger partial charge in [0.15, 0.2) is 0 Å². The molecule has 0 rings (SSSR count). The van der Waals surface area contributed by atoms with E-state index in [2.05, 4.69) is 20.8 Å². The second-order valence-corrected chi connectivity index (χ2v) is 19.2. The zero-order valence-corrected chi connectivity index (χ0v) is 38.6. The Morgan fingerprint density at radius 1 is 0.315 bits per heavy atom. The summed E-state index contributed by atoms with van der Waals surface area (Å²) in [5, 5.41) is 0. The third-order valence-corrected chi connectivity index (χ3v) is 13.5. The van der Waals surface area contributed by atoms with Crippen LogP contribution in [-0.4, -0.2) is 29.3 Å². The van der Waals surface area contributed by atoms with Crippen molar-refractivity contribution in [2.45, 2.75) is 297 Å². The third kappa shape index (κ3) is 41.7. The molecule has 0 saturated heterocycles. The van der Waals surface area contributed by atoms with Crippen molar-refractivity contribution in [3.63, 3.8) is 0 Å². The maximum atomic E-state index is 13.2. The van der Waals surface area contributed by atoms with E-state index in [1.165, 1.54) is 231 Å². The molecular formula is C49H102NO3P. The molecule has 0 bridgehead atoms. The number of hydrogen-bond acceptors (Lipinski definition) is 2. The van der Waals surface area contributed by atoms with Crippen LogP contribution in [0.25, 0.3) is 0 Å². The largest absolute Gasteiger partial charge is 0.405 e. The Labute approximate surface area is 341 Å². The normalized spacial score (nSPS) is 13.0. The SMILES string of the molecule is CCCCCCCCCCCCCCCCCCCCCCN(CCCCCCCCCCCCCCCCCCCCCC)P(=O)(O)OCCCCC. The van der Waals surface area contributed by atoms with Gasteiger partial charge in [-0.15, -0.1) is 0 Å². The summed E-state index contributed by atoms with van der Waals surface area (Å²) in [6.45, 7) is 8.54. The molecule has 1 N–H and O–H groups in total. The van der Waals surface area contributed by atoms with Gasteiger partial charge in [0, 0.05) is 13.1 Å². The van der Waals surface area contributed by atoms with E-state index in [0.29, 0.717) is 19.7 Å². The molecule has 0 heterocycles. The smallest absolute Gasteiger partial charge is 0.312 e. The molecule has 0 radical (unpaired) electrons. The average molecular weight is 784 g/mol. The van der Waals surface area contributed by atoms with E-state index in [9.17, 15) is 9.46 Å². The van der Waals surface area contributed by atoms with Gasteiger partial charge in [0.1, 0.15) is 0 Å². The molecule has 5 heteroatoms. The topological polar surface area (TPSA) is 49.8 Å².